The first-order valence-electron chi connectivity index (χ1n) is 6.91. The largest absolute Gasteiger partial charge is 0.152 e. The molecule has 0 N–H and O–H groups in total. The molecule has 102 valence electrons. The van der Waals surface area contributed by atoms with Crippen molar-refractivity contribution in [3.05, 3.63) is 57.4 Å². The van der Waals surface area contributed by atoms with Crippen molar-refractivity contribution in [3.8, 4) is 22.3 Å². The van der Waals surface area contributed by atoms with Gasteiger partial charge in [-0.25, -0.2) is 0 Å². The lowest BCUT2D eigenvalue weighted by Gasteiger charge is -2.10. The summed E-state index contributed by atoms with van der Waals surface area (Å²) in [4.78, 5) is 0. The van der Waals surface area contributed by atoms with Gasteiger partial charge >= 0.3 is 0 Å². The smallest absolute Gasteiger partial charge is 0.00147 e. The molecule has 0 amide bonds. The average Bonchev–Trinajstić information content (AvgIpc) is 3.11. The maximum Gasteiger partial charge on any atom is -0.00147 e. The summed E-state index contributed by atoms with van der Waals surface area (Å²) in [6.45, 7) is 4.56. The molecule has 0 bridgehead atoms. The van der Waals surface area contributed by atoms with E-state index < -0.39 is 0 Å². The Morgan fingerprint density at radius 2 is 1.35 bits per heavy atom. The van der Waals surface area contributed by atoms with Crippen LogP contribution in [0.15, 0.2) is 51.9 Å². The second-order valence-electron chi connectivity index (χ2n) is 5.54. The van der Waals surface area contributed by atoms with Crippen molar-refractivity contribution in [1.29, 1.82) is 0 Å². The van der Waals surface area contributed by atoms with E-state index in [-0.39, 0.29) is 0 Å². The highest BCUT2D eigenvalue weighted by Crippen LogP contribution is 2.31. The fraction of sp³-hybridized carbons (Fsp3) is 0.222. The molecule has 2 aromatic heterocycles. The standard InChI is InChI=1S/C18H18S2/c1-13(2)7-14-8-17(15-3-5-19-11-15)10-18(9-14)16-4-6-20-12-16/h3-6,8-13H,7H2,1-2H3. The summed E-state index contributed by atoms with van der Waals surface area (Å²) in [6.07, 6.45) is 1.13. The Labute approximate surface area is 128 Å². The lowest BCUT2D eigenvalue weighted by molar-refractivity contribution is 0.647. The van der Waals surface area contributed by atoms with Crippen molar-refractivity contribution in [2.45, 2.75) is 20.3 Å². The van der Waals surface area contributed by atoms with Gasteiger partial charge in [0.1, 0.15) is 0 Å². The third-order valence-corrected chi connectivity index (χ3v) is 4.71. The molecule has 0 aliphatic rings. The maximum atomic E-state index is 2.35. The first kappa shape index (κ1) is 13.6. The Hall–Kier alpha value is -1.38. The normalized spacial score (nSPS) is 11.2. The quantitative estimate of drug-likeness (QED) is 0.527. The summed E-state index contributed by atoms with van der Waals surface area (Å²) in [6, 6.07) is 11.4. The SMILES string of the molecule is CC(C)Cc1cc(-c2ccsc2)cc(-c2ccsc2)c1. The molecule has 0 aliphatic heterocycles. The average molecular weight is 298 g/mol. The molecule has 2 heterocycles. The molecule has 0 spiro atoms. The van der Waals surface area contributed by atoms with Crippen LogP contribution in [0, 0.1) is 5.92 Å². The molecular formula is C18H18S2. The molecule has 2 heteroatoms. The van der Waals surface area contributed by atoms with Crippen LogP contribution in [-0.2, 0) is 6.42 Å². The van der Waals surface area contributed by atoms with Gasteiger partial charge in [-0.3, -0.25) is 0 Å². The second-order valence-corrected chi connectivity index (χ2v) is 7.10. The summed E-state index contributed by atoms with van der Waals surface area (Å²) in [5, 5.41) is 8.75. The molecule has 0 nitrogen and oxygen atoms in total. The van der Waals surface area contributed by atoms with Gasteiger partial charge in [0.15, 0.2) is 0 Å². The Morgan fingerprint density at radius 3 is 1.75 bits per heavy atom. The fourth-order valence-electron chi connectivity index (χ4n) is 2.47. The molecule has 0 unspecified atom stereocenters. The van der Waals surface area contributed by atoms with Crippen molar-refractivity contribution in [2.24, 2.45) is 5.92 Å². The van der Waals surface area contributed by atoms with E-state index in [0.29, 0.717) is 5.92 Å². The minimum atomic E-state index is 0.683. The van der Waals surface area contributed by atoms with Crippen molar-refractivity contribution in [2.75, 3.05) is 0 Å². The summed E-state index contributed by atoms with van der Waals surface area (Å²) in [5.41, 5.74) is 6.77. The summed E-state index contributed by atoms with van der Waals surface area (Å²) >= 11 is 3.52. The Morgan fingerprint density at radius 1 is 0.800 bits per heavy atom. The van der Waals surface area contributed by atoms with Gasteiger partial charge in [0, 0.05) is 0 Å². The van der Waals surface area contributed by atoms with Crippen LogP contribution in [-0.4, -0.2) is 0 Å². The highest BCUT2D eigenvalue weighted by Gasteiger charge is 2.07. The van der Waals surface area contributed by atoms with E-state index in [1.54, 1.807) is 22.7 Å². The van der Waals surface area contributed by atoms with E-state index in [0.717, 1.165) is 6.42 Å². The van der Waals surface area contributed by atoms with Crippen molar-refractivity contribution in [3.63, 3.8) is 0 Å². The monoisotopic (exact) mass is 298 g/mol. The number of hydrogen-bond acceptors (Lipinski definition) is 2. The molecule has 0 atom stereocenters. The summed E-state index contributed by atoms with van der Waals surface area (Å²) < 4.78 is 0. The fourth-order valence-corrected chi connectivity index (χ4v) is 3.80. The molecule has 3 rings (SSSR count). The minimum Gasteiger partial charge on any atom is -0.152 e. The minimum absolute atomic E-state index is 0.683. The van der Waals surface area contributed by atoms with E-state index in [9.17, 15) is 0 Å². The van der Waals surface area contributed by atoms with E-state index in [1.165, 1.54) is 27.8 Å². The van der Waals surface area contributed by atoms with E-state index in [1.807, 2.05) is 0 Å². The Balaban J connectivity index is 2.08. The Bertz CT molecular complexity index is 609. The lowest BCUT2D eigenvalue weighted by atomic mass is 9.94. The molecule has 0 radical (unpaired) electrons. The number of rotatable bonds is 4. The zero-order chi connectivity index (χ0) is 13.9. The summed E-state index contributed by atoms with van der Waals surface area (Å²) in [7, 11) is 0. The molecule has 1 aromatic carbocycles. The number of benzene rings is 1. The van der Waals surface area contributed by atoms with Gasteiger partial charge in [-0.15, -0.1) is 0 Å². The van der Waals surface area contributed by atoms with Gasteiger partial charge in [-0.05, 0) is 79.9 Å². The zero-order valence-electron chi connectivity index (χ0n) is 11.8. The van der Waals surface area contributed by atoms with Gasteiger partial charge in [-0.2, -0.15) is 22.7 Å². The molecule has 0 saturated carbocycles. The van der Waals surface area contributed by atoms with Gasteiger partial charge in [-0.1, -0.05) is 26.0 Å². The predicted octanol–water partition coefficient (Wildman–Crippen LogP) is 6.34. The van der Waals surface area contributed by atoms with E-state index in [2.05, 4.69) is 65.7 Å². The maximum absolute atomic E-state index is 2.35. The first-order valence-corrected chi connectivity index (χ1v) is 8.80. The van der Waals surface area contributed by atoms with Gasteiger partial charge in [0.2, 0.25) is 0 Å². The van der Waals surface area contributed by atoms with Crippen LogP contribution < -0.4 is 0 Å². The van der Waals surface area contributed by atoms with Crippen LogP contribution in [0.2, 0.25) is 0 Å². The highest BCUT2D eigenvalue weighted by atomic mass is 32.1. The van der Waals surface area contributed by atoms with Crippen LogP contribution in [0.4, 0.5) is 0 Å². The van der Waals surface area contributed by atoms with Crippen molar-refractivity contribution >= 4 is 22.7 Å². The van der Waals surface area contributed by atoms with Crippen LogP contribution in [0.1, 0.15) is 19.4 Å². The molecule has 0 fully saturated rings. The molecule has 20 heavy (non-hydrogen) atoms. The van der Waals surface area contributed by atoms with Crippen LogP contribution >= 0.6 is 22.7 Å². The van der Waals surface area contributed by atoms with E-state index >= 15 is 0 Å². The number of hydrogen-bond donors (Lipinski definition) is 0. The van der Waals surface area contributed by atoms with Crippen LogP contribution in [0.3, 0.4) is 0 Å². The topological polar surface area (TPSA) is 0 Å². The van der Waals surface area contributed by atoms with Crippen LogP contribution in [0.25, 0.3) is 22.3 Å². The van der Waals surface area contributed by atoms with Crippen molar-refractivity contribution < 1.29 is 0 Å². The molecule has 3 aromatic rings. The molecule has 0 saturated heterocycles. The predicted molar refractivity (Wildman–Crippen MR) is 91.6 cm³/mol. The second kappa shape index (κ2) is 5.94. The summed E-state index contributed by atoms with van der Waals surface area (Å²) in [5.74, 6) is 0.683. The van der Waals surface area contributed by atoms with Crippen molar-refractivity contribution in [1.82, 2.24) is 0 Å². The third-order valence-electron chi connectivity index (χ3n) is 3.35. The first-order chi connectivity index (χ1) is 9.72. The van der Waals surface area contributed by atoms with Gasteiger partial charge < -0.3 is 0 Å². The Kier molecular flexibility index (Phi) is 4.04. The third kappa shape index (κ3) is 3.02. The number of thiophene rings is 2. The lowest BCUT2D eigenvalue weighted by Crippen LogP contribution is -1.95. The zero-order valence-corrected chi connectivity index (χ0v) is 13.4. The van der Waals surface area contributed by atoms with Gasteiger partial charge in [0.25, 0.3) is 0 Å². The van der Waals surface area contributed by atoms with Crippen LogP contribution in [0.5, 0.6) is 0 Å². The molecule has 0 aliphatic carbocycles. The molecular weight excluding hydrogens is 280 g/mol. The highest BCUT2D eigenvalue weighted by molar-refractivity contribution is 7.08. The van der Waals surface area contributed by atoms with Gasteiger partial charge in [0.05, 0.1) is 0 Å². The van der Waals surface area contributed by atoms with E-state index in [4.69, 9.17) is 0 Å².